The van der Waals surface area contributed by atoms with Crippen LogP contribution in [0.4, 0.5) is 0 Å². The first-order valence-electron chi connectivity index (χ1n) is 9.21. The Morgan fingerprint density at radius 2 is 1.73 bits per heavy atom. The third-order valence-electron chi connectivity index (χ3n) is 5.39. The zero-order valence-electron chi connectivity index (χ0n) is 15.4. The molecule has 1 aliphatic rings. The maximum atomic E-state index is 6.42. The number of fused-ring (bicyclic) bond motifs is 6. The summed E-state index contributed by atoms with van der Waals surface area (Å²) in [7, 11) is 0. The van der Waals surface area contributed by atoms with Crippen molar-refractivity contribution in [1.82, 2.24) is 9.97 Å². The lowest BCUT2D eigenvalue weighted by atomic mass is 9.91. The Bertz CT molecular complexity index is 1140. The van der Waals surface area contributed by atoms with Crippen molar-refractivity contribution in [3.05, 3.63) is 59.7 Å². The Balaban J connectivity index is 1.82. The molecule has 0 saturated carbocycles. The molecule has 2 heterocycles. The second-order valence-corrected chi connectivity index (χ2v) is 7.89. The number of hydrogen-bond donors (Lipinski definition) is 1. The van der Waals surface area contributed by atoms with Crippen molar-refractivity contribution in [3.8, 4) is 17.1 Å². The number of aromatic nitrogens is 2. The van der Waals surface area contributed by atoms with Gasteiger partial charge < -0.3 is 9.72 Å². The Morgan fingerprint density at radius 3 is 2.50 bits per heavy atom. The van der Waals surface area contributed by atoms with Gasteiger partial charge in [-0.25, -0.2) is 4.98 Å². The van der Waals surface area contributed by atoms with Crippen LogP contribution in [-0.4, -0.2) is 15.6 Å². The van der Waals surface area contributed by atoms with Gasteiger partial charge in [-0.2, -0.15) is 0 Å². The number of rotatable bonds is 1. The number of nitrogens with one attached hydrogen (secondary N) is 1. The number of aromatic amines is 1. The smallest absolute Gasteiger partial charge is 0.138 e. The summed E-state index contributed by atoms with van der Waals surface area (Å²) in [4.78, 5) is 8.57. The first kappa shape index (κ1) is 15.4. The summed E-state index contributed by atoms with van der Waals surface area (Å²) >= 11 is 0. The normalized spacial score (nSPS) is 15.8. The molecule has 26 heavy (non-hydrogen) atoms. The third-order valence-corrected chi connectivity index (χ3v) is 5.39. The quantitative estimate of drug-likeness (QED) is 0.475. The van der Waals surface area contributed by atoms with E-state index in [9.17, 15) is 0 Å². The maximum Gasteiger partial charge on any atom is 0.138 e. The second-order valence-electron chi connectivity index (χ2n) is 7.89. The fourth-order valence-corrected chi connectivity index (χ4v) is 3.91. The predicted molar refractivity (Wildman–Crippen MR) is 107 cm³/mol. The highest BCUT2D eigenvalue weighted by Crippen LogP contribution is 2.43. The van der Waals surface area contributed by atoms with Gasteiger partial charge >= 0.3 is 0 Å². The molecule has 0 fully saturated rings. The van der Waals surface area contributed by atoms with Crippen LogP contribution < -0.4 is 4.74 Å². The molecule has 1 aromatic heterocycles. The Morgan fingerprint density at radius 1 is 1.00 bits per heavy atom. The lowest BCUT2D eigenvalue weighted by molar-refractivity contribution is 0.0873. The fraction of sp³-hybridized carbons (Fsp3) is 0.261. The molecule has 5 rings (SSSR count). The molecule has 3 heteroatoms. The van der Waals surface area contributed by atoms with Gasteiger partial charge in [-0.1, -0.05) is 54.1 Å². The van der Waals surface area contributed by atoms with Gasteiger partial charge in [0.15, 0.2) is 0 Å². The lowest BCUT2D eigenvalue weighted by Gasteiger charge is -2.33. The summed E-state index contributed by atoms with van der Waals surface area (Å²) in [6.45, 7) is 6.43. The van der Waals surface area contributed by atoms with Gasteiger partial charge in [0.05, 0.1) is 11.0 Å². The van der Waals surface area contributed by atoms with E-state index in [-0.39, 0.29) is 5.60 Å². The SMILES string of the molecule is Cc1ccc(-c2nc3c4c(c5ccccc5c3[nH]2)OC(C)(C)CC4)cc1. The Kier molecular flexibility index (Phi) is 3.17. The van der Waals surface area contributed by atoms with Crippen LogP contribution in [0, 0.1) is 6.92 Å². The summed E-state index contributed by atoms with van der Waals surface area (Å²) in [6.07, 6.45) is 1.99. The van der Waals surface area contributed by atoms with Crippen LogP contribution in [0.25, 0.3) is 33.2 Å². The van der Waals surface area contributed by atoms with Crippen LogP contribution in [0.5, 0.6) is 5.75 Å². The highest BCUT2D eigenvalue weighted by molar-refractivity contribution is 6.10. The van der Waals surface area contributed by atoms with Crippen LogP contribution in [0.1, 0.15) is 31.4 Å². The van der Waals surface area contributed by atoms with Crippen LogP contribution in [-0.2, 0) is 6.42 Å². The number of aryl methyl sites for hydroxylation is 2. The number of imidazole rings is 1. The standard InChI is InChI=1S/C23H22N2O/c1-14-8-10-15(11-9-14)22-24-19-16-6-4-5-7-17(16)21-18(20(19)25-22)12-13-23(2,3)26-21/h4-11H,12-13H2,1-3H3,(H,24,25). The van der Waals surface area contributed by atoms with E-state index in [1.807, 2.05) is 0 Å². The summed E-state index contributed by atoms with van der Waals surface area (Å²) in [5.74, 6) is 1.93. The van der Waals surface area contributed by atoms with Crippen molar-refractivity contribution in [2.24, 2.45) is 0 Å². The summed E-state index contributed by atoms with van der Waals surface area (Å²) in [5.41, 5.74) is 5.61. The molecular formula is C23H22N2O. The molecule has 0 bridgehead atoms. The molecule has 0 amide bonds. The lowest BCUT2D eigenvalue weighted by Crippen LogP contribution is -2.32. The van der Waals surface area contributed by atoms with Crippen LogP contribution in [0.3, 0.4) is 0 Å². The predicted octanol–water partition coefficient (Wildman–Crippen LogP) is 5.80. The molecule has 0 saturated heterocycles. The average Bonchev–Trinajstić information content (AvgIpc) is 3.07. The molecule has 3 nitrogen and oxygen atoms in total. The molecule has 0 unspecified atom stereocenters. The number of hydrogen-bond acceptors (Lipinski definition) is 2. The minimum Gasteiger partial charge on any atom is -0.487 e. The molecule has 4 aromatic rings. The average molecular weight is 342 g/mol. The van der Waals surface area contributed by atoms with Crippen molar-refractivity contribution in [3.63, 3.8) is 0 Å². The zero-order valence-corrected chi connectivity index (χ0v) is 15.4. The molecule has 0 radical (unpaired) electrons. The molecule has 130 valence electrons. The van der Waals surface area contributed by atoms with E-state index >= 15 is 0 Å². The largest absolute Gasteiger partial charge is 0.487 e. The molecule has 3 aromatic carbocycles. The van der Waals surface area contributed by atoms with E-state index in [0.29, 0.717) is 0 Å². The highest BCUT2D eigenvalue weighted by Gasteiger charge is 2.30. The minimum absolute atomic E-state index is 0.139. The molecular weight excluding hydrogens is 320 g/mol. The molecule has 0 spiro atoms. The van der Waals surface area contributed by atoms with Gasteiger partial charge in [-0.3, -0.25) is 0 Å². The topological polar surface area (TPSA) is 37.9 Å². The number of benzene rings is 3. The molecule has 0 aliphatic carbocycles. The van der Waals surface area contributed by atoms with Crippen molar-refractivity contribution in [1.29, 1.82) is 0 Å². The number of H-pyrrole nitrogens is 1. The van der Waals surface area contributed by atoms with Crippen LogP contribution in [0.2, 0.25) is 0 Å². The number of nitrogens with zero attached hydrogens (tertiary/aromatic N) is 1. The second kappa shape index (κ2) is 5.34. The zero-order chi connectivity index (χ0) is 17.9. The van der Waals surface area contributed by atoms with Gasteiger partial charge in [0.2, 0.25) is 0 Å². The van der Waals surface area contributed by atoms with Gasteiger partial charge in [0.25, 0.3) is 0 Å². The van der Waals surface area contributed by atoms with Gasteiger partial charge in [-0.05, 0) is 33.6 Å². The maximum absolute atomic E-state index is 6.42. The first-order chi connectivity index (χ1) is 12.5. The highest BCUT2D eigenvalue weighted by atomic mass is 16.5. The molecule has 1 N–H and O–H groups in total. The minimum atomic E-state index is -0.139. The van der Waals surface area contributed by atoms with Crippen molar-refractivity contribution in [2.75, 3.05) is 0 Å². The number of ether oxygens (including phenoxy) is 1. The van der Waals surface area contributed by atoms with E-state index in [0.717, 1.165) is 41.0 Å². The van der Waals surface area contributed by atoms with E-state index < -0.39 is 0 Å². The fourth-order valence-electron chi connectivity index (χ4n) is 3.91. The van der Waals surface area contributed by atoms with E-state index in [2.05, 4.69) is 74.3 Å². The summed E-state index contributed by atoms with van der Waals surface area (Å²) < 4.78 is 6.42. The molecule has 0 atom stereocenters. The van der Waals surface area contributed by atoms with E-state index in [1.54, 1.807) is 0 Å². The van der Waals surface area contributed by atoms with Crippen molar-refractivity contribution >= 4 is 21.8 Å². The Hall–Kier alpha value is -2.81. The van der Waals surface area contributed by atoms with E-state index in [4.69, 9.17) is 9.72 Å². The van der Waals surface area contributed by atoms with Crippen molar-refractivity contribution < 1.29 is 4.74 Å². The van der Waals surface area contributed by atoms with Gasteiger partial charge in [0.1, 0.15) is 17.2 Å². The third kappa shape index (κ3) is 2.31. The van der Waals surface area contributed by atoms with Crippen LogP contribution >= 0.6 is 0 Å². The molecule has 1 aliphatic heterocycles. The van der Waals surface area contributed by atoms with Crippen molar-refractivity contribution in [2.45, 2.75) is 39.2 Å². The first-order valence-corrected chi connectivity index (χ1v) is 9.21. The van der Waals surface area contributed by atoms with Crippen LogP contribution in [0.15, 0.2) is 48.5 Å². The van der Waals surface area contributed by atoms with Gasteiger partial charge in [-0.15, -0.1) is 0 Å². The monoisotopic (exact) mass is 342 g/mol. The Labute approximate surface area is 153 Å². The summed E-state index contributed by atoms with van der Waals surface area (Å²) in [5, 5.41) is 2.34. The van der Waals surface area contributed by atoms with Gasteiger partial charge in [0, 0.05) is 21.9 Å². The summed E-state index contributed by atoms with van der Waals surface area (Å²) in [6, 6.07) is 17.0. The van der Waals surface area contributed by atoms with E-state index in [1.165, 1.54) is 21.9 Å².